The van der Waals surface area contributed by atoms with Crippen LogP contribution in [0.5, 0.6) is 0 Å². The van der Waals surface area contributed by atoms with Crippen molar-refractivity contribution in [1.29, 1.82) is 0 Å². The van der Waals surface area contributed by atoms with Crippen molar-refractivity contribution in [2.24, 2.45) is 9.98 Å². The molecule has 1 aliphatic heterocycles. The van der Waals surface area contributed by atoms with E-state index in [9.17, 15) is 0 Å². The molecule has 0 spiro atoms. The first-order chi connectivity index (χ1) is 28.6. The lowest BCUT2D eigenvalue weighted by atomic mass is 10.0. The van der Waals surface area contributed by atoms with Crippen LogP contribution in [-0.2, 0) is 0 Å². The summed E-state index contributed by atoms with van der Waals surface area (Å²) in [6.45, 7) is 0. The second kappa shape index (κ2) is 12.9. The predicted molar refractivity (Wildman–Crippen MR) is 241 cm³/mol. The third kappa shape index (κ3) is 5.30. The minimum Gasteiger partial charge on any atom is -0.456 e. The zero-order valence-corrected chi connectivity index (χ0v) is 32.2. The molecule has 0 N–H and O–H groups in total. The van der Waals surface area contributed by atoms with Crippen LogP contribution < -0.4 is 0 Å². The van der Waals surface area contributed by atoms with Crippen LogP contribution in [0.3, 0.4) is 0 Å². The van der Waals surface area contributed by atoms with E-state index in [0.29, 0.717) is 5.84 Å². The van der Waals surface area contributed by atoms with Crippen molar-refractivity contribution in [2.45, 2.75) is 6.17 Å². The standard InChI is InChI=1S/C52H33N3O2S/c1-55-51(33-17-15-32(16-18-33)35-19-25-42-41-12-6-8-14-48(41)58-49(42)30-35)53-50(54-52(55)37-21-24-39-38-11-5-7-13-44(38)56-47(39)29-37)36-20-23-40-43-27-34(31-9-3-2-4-10-31)22-26-45(43)57-46(40)28-36/h2-30,51H,1H3. The highest BCUT2D eigenvalue weighted by Gasteiger charge is 2.28. The highest BCUT2D eigenvalue weighted by atomic mass is 32.1. The summed E-state index contributed by atoms with van der Waals surface area (Å²) in [7, 11) is 2.07. The number of hydrogen-bond acceptors (Lipinski definition) is 6. The smallest absolute Gasteiger partial charge is 0.159 e. The van der Waals surface area contributed by atoms with E-state index in [1.54, 1.807) is 0 Å². The summed E-state index contributed by atoms with van der Waals surface area (Å²) in [6, 6.07) is 62.0. The lowest BCUT2D eigenvalue weighted by molar-refractivity contribution is 0.383. The fourth-order valence-corrected chi connectivity index (χ4v) is 9.72. The number of fused-ring (bicyclic) bond motifs is 9. The summed E-state index contributed by atoms with van der Waals surface area (Å²) < 4.78 is 15.4. The lowest BCUT2D eigenvalue weighted by Gasteiger charge is -2.32. The van der Waals surface area contributed by atoms with Gasteiger partial charge in [0.05, 0.1) is 0 Å². The van der Waals surface area contributed by atoms with Crippen LogP contribution in [0.4, 0.5) is 0 Å². The van der Waals surface area contributed by atoms with Gasteiger partial charge in [-0.05, 0) is 82.4 Å². The number of aliphatic imine (C=N–C) groups is 2. The van der Waals surface area contributed by atoms with Crippen molar-refractivity contribution in [3.63, 3.8) is 0 Å². The molecule has 6 heteroatoms. The van der Waals surface area contributed by atoms with Crippen LogP contribution in [0.1, 0.15) is 22.9 Å². The van der Waals surface area contributed by atoms with Crippen molar-refractivity contribution in [3.05, 3.63) is 193 Å². The minimum absolute atomic E-state index is 0.326. The zero-order chi connectivity index (χ0) is 38.3. The van der Waals surface area contributed by atoms with E-state index in [2.05, 4.69) is 164 Å². The second-order valence-corrected chi connectivity index (χ2v) is 16.1. The van der Waals surface area contributed by atoms with Crippen molar-refractivity contribution < 1.29 is 8.83 Å². The summed E-state index contributed by atoms with van der Waals surface area (Å²) in [5, 5.41) is 6.94. The van der Waals surface area contributed by atoms with Gasteiger partial charge in [-0.25, -0.2) is 9.98 Å². The summed E-state index contributed by atoms with van der Waals surface area (Å²) >= 11 is 1.84. The highest BCUT2D eigenvalue weighted by Crippen LogP contribution is 2.39. The molecule has 8 aromatic carbocycles. The average molecular weight is 764 g/mol. The molecule has 3 aromatic heterocycles. The Bertz CT molecular complexity index is 3480. The molecule has 11 aromatic rings. The molecule has 1 aliphatic rings. The number of amidine groups is 2. The van der Waals surface area contributed by atoms with Crippen molar-refractivity contribution in [3.8, 4) is 22.3 Å². The number of nitrogens with zero attached hydrogens (tertiary/aromatic N) is 3. The minimum atomic E-state index is -0.326. The molecule has 12 rings (SSSR count). The summed E-state index contributed by atoms with van der Waals surface area (Å²) in [5.41, 5.74) is 11.0. The molecular formula is C52H33N3O2S. The number of para-hydroxylation sites is 1. The van der Waals surface area contributed by atoms with Gasteiger partial charge in [0.2, 0.25) is 0 Å². The van der Waals surface area contributed by atoms with Crippen LogP contribution in [0, 0.1) is 0 Å². The third-order valence-electron chi connectivity index (χ3n) is 11.6. The molecule has 5 nitrogen and oxygen atoms in total. The van der Waals surface area contributed by atoms with Gasteiger partial charge in [-0.3, -0.25) is 0 Å². The van der Waals surface area contributed by atoms with Crippen LogP contribution >= 0.6 is 11.3 Å². The Morgan fingerprint density at radius 1 is 0.431 bits per heavy atom. The van der Waals surface area contributed by atoms with Gasteiger partial charge in [-0.15, -0.1) is 11.3 Å². The number of hydrogen-bond donors (Lipinski definition) is 0. The maximum Gasteiger partial charge on any atom is 0.159 e. The normalized spacial score (nSPS) is 14.6. The van der Waals surface area contributed by atoms with E-state index in [0.717, 1.165) is 72.0 Å². The molecule has 1 atom stereocenters. The van der Waals surface area contributed by atoms with Gasteiger partial charge < -0.3 is 13.7 Å². The largest absolute Gasteiger partial charge is 0.456 e. The number of thiophene rings is 1. The van der Waals surface area contributed by atoms with E-state index in [1.165, 1.54) is 36.9 Å². The van der Waals surface area contributed by atoms with Gasteiger partial charge in [0.25, 0.3) is 0 Å². The van der Waals surface area contributed by atoms with E-state index in [-0.39, 0.29) is 6.17 Å². The Labute approximate surface area is 337 Å². The maximum atomic E-state index is 6.47. The Morgan fingerprint density at radius 2 is 1.00 bits per heavy atom. The van der Waals surface area contributed by atoms with E-state index < -0.39 is 0 Å². The van der Waals surface area contributed by atoms with Gasteiger partial charge >= 0.3 is 0 Å². The lowest BCUT2D eigenvalue weighted by Crippen LogP contribution is -2.35. The first-order valence-electron chi connectivity index (χ1n) is 19.5. The summed E-state index contributed by atoms with van der Waals surface area (Å²) in [5.74, 6) is 1.46. The first-order valence-corrected chi connectivity index (χ1v) is 20.3. The fourth-order valence-electron chi connectivity index (χ4n) is 8.58. The van der Waals surface area contributed by atoms with E-state index >= 15 is 0 Å². The maximum absolute atomic E-state index is 6.47. The molecule has 0 saturated heterocycles. The number of furan rings is 2. The second-order valence-electron chi connectivity index (χ2n) is 15.0. The topological polar surface area (TPSA) is 54.2 Å². The Balaban J connectivity index is 0.954. The molecule has 0 aliphatic carbocycles. The van der Waals surface area contributed by atoms with Crippen molar-refractivity contribution in [2.75, 3.05) is 7.05 Å². The van der Waals surface area contributed by atoms with Gasteiger partial charge in [0, 0.05) is 59.9 Å². The van der Waals surface area contributed by atoms with Crippen LogP contribution in [0.15, 0.2) is 195 Å². The highest BCUT2D eigenvalue weighted by molar-refractivity contribution is 7.25. The van der Waals surface area contributed by atoms with Crippen LogP contribution in [-0.4, -0.2) is 23.6 Å². The van der Waals surface area contributed by atoms with E-state index in [1.807, 2.05) is 35.6 Å². The summed E-state index contributed by atoms with van der Waals surface area (Å²) in [6.07, 6.45) is -0.326. The zero-order valence-electron chi connectivity index (χ0n) is 31.4. The molecule has 0 radical (unpaired) electrons. The quantitative estimate of drug-likeness (QED) is 0.175. The molecule has 0 amide bonds. The molecule has 0 fully saturated rings. The van der Waals surface area contributed by atoms with Crippen molar-refractivity contribution in [1.82, 2.24) is 4.90 Å². The molecule has 274 valence electrons. The molecule has 4 heterocycles. The van der Waals surface area contributed by atoms with Crippen LogP contribution in [0.25, 0.3) is 86.3 Å². The average Bonchev–Trinajstić information content (AvgIpc) is 3.97. The Morgan fingerprint density at radius 3 is 1.84 bits per heavy atom. The van der Waals surface area contributed by atoms with E-state index in [4.69, 9.17) is 18.8 Å². The molecule has 58 heavy (non-hydrogen) atoms. The predicted octanol–water partition coefficient (Wildman–Crippen LogP) is 14.0. The molecule has 0 bridgehead atoms. The first kappa shape index (κ1) is 32.9. The fraction of sp³-hybridized carbons (Fsp3) is 0.0385. The molecular weight excluding hydrogens is 731 g/mol. The van der Waals surface area contributed by atoms with Gasteiger partial charge in [0.15, 0.2) is 5.84 Å². The Kier molecular flexibility index (Phi) is 7.31. The number of rotatable bonds is 5. The molecule has 0 saturated carbocycles. The van der Waals surface area contributed by atoms with Gasteiger partial charge in [-0.2, -0.15) is 0 Å². The van der Waals surface area contributed by atoms with Gasteiger partial charge in [-0.1, -0.05) is 121 Å². The van der Waals surface area contributed by atoms with Crippen molar-refractivity contribution >= 4 is 87.1 Å². The molecule has 1 unspecified atom stereocenters. The SMILES string of the molecule is CN1C(c2ccc3c(c2)oc2ccccc23)=NC(c2ccc3c(c2)oc2ccc(-c4ccccc4)cc23)=NC1c1ccc(-c2ccc3c(c2)sc2ccccc23)cc1. The van der Waals surface area contributed by atoms with Gasteiger partial charge in [0.1, 0.15) is 34.3 Å². The third-order valence-corrected chi connectivity index (χ3v) is 12.7. The monoisotopic (exact) mass is 763 g/mol. The van der Waals surface area contributed by atoms with Crippen LogP contribution in [0.2, 0.25) is 0 Å². The summed E-state index contributed by atoms with van der Waals surface area (Å²) in [4.78, 5) is 12.8. The number of benzene rings is 8. The Hall–Kier alpha value is -7.28.